The van der Waals surface area contributed by atoms with Crippen LogP contribution < -0.4 is 5.32 Å². The van der Waals surface area contributed by atoms with E-state index >= 15 is 0 Å². The van der Waals surface area contributed by atoms with Gasteiger partial charge in [0.2, 0.25) is 5.91 Å². The Hall–Kier alpha value is -1.25. The number of amides is 1. The van der Waals surface area contributed by atoms with Crippen molar-refractivity contribution in [1.82, 2.24) is 4.98 Å². The number of anilines is 1. The Labute approximate surface area is 150 Å². The predicted octanol–water partition coefficient (Wildman–Crippen LogP) is 4.97. The van der Waals surface area contributed by atoms with Crippen molar-refractivity contribution < 1.29 is 4.79 Å². The number of carbonyl (C=O) groups is 1. The van der Waals surface area contributed by atoms with Gasteiger partial charge in [-0.2, -0.15) is 0 Å². The van der Waals surface area contributed by atoms with E-state index in [1.807, 2.05) is 41.1 Å². The molecule has 22 heavy (non-hydrogen) atoms. The van der Waals surface area contributed by atoms with Gasteiger partial charge in [0, 0.05) is 14.6 Å². The molecule has 0 bridgehead atoms. The summed E-state index contributed by atoms with van der Waals surface area (Å²) in [5.41, 5.74) is 2.85. The summed E-state index contributed by atoms with van der Waals surface area (Å²) in [5, 5.41) is 7.88. The van der Waals surface area contributed by atoms with Gasteiger partial charge in [0.25, 0.3) is 0 Å². The van der Waals surface area contributed by atoms with Crippen LogP contribution in [0.25, 0.3) is 9.88 Å². The second-order valence-electron chi connectivity index (χ2n) is 4.81. The van der Waals surface area contributed by atoms with Gasteiger partial charge in [-0.3, -0.25) is 4.79 Å². The van der Waals surface area contributed by atoms with Gasteiger partial charge in [0.15, 0.2) is 0 Å². The summed E-state index contributed by atoms with van der Waals surface area (Å²) in [6.07, 6.45) is 0.298. The van der Waals surface area contributed by atoms with Crippen molar-refractivity contribution in [3.8, 4) is 9.88 Å². The van der Waals surface area contributed by atoms with Crippen LogP contribution in [0, 0.1) is 10.5 Å². The normalized spacial score (nSPS) is 10.6. The van der Waals surface area contributed by atoms with E-state index in [0.29, 0.717) is 6.42 Å². The highest BCUT2D eigenvalue weighted by Gasteiger charge is 2.10. The van der Waals surface area contributed by atoms with Crippen molar-refractivity contribution in [2.45, 2.75) is 13.3 Å². The summed E-state index contributed by atoms with van der Waals surface area (Å²) in [7, 11) is 0. The molecule has 0 radical (unpaired) electrons. The lowest BCUT2D eigenvalue weighted by molar-refractivity contribution is -0.115. The highest BCUT2D eigenvalue weighted by molar-refractivity contribution is 14.1. The zero-order valence-corrected chi connectivity index (χ0v) is 15.6. The van der Waals surface area contributed by atoms with Gasteiger partial charge in [0.05, 0.1) is 17.0 Å². The van der Waals surface area contributed by atoms with E-state index in [0.717, 1.165) is 24.8 Å². The Balaban J connectivity index is 1.65. The first-order valence-corrected chi connectivity index (χ1v) is 9.50. The fraction of sp³-hybridized carbons (Fsp3) is 0.125. The van der Waals surface area contributed by atoms with Crippen LogP contribution in [0.15, 0.2) is 41.1 Å². The van der Waals surface area contributed by atoms with Crippen molar-refractivity contribution in [2.24, 2.45) is 0 Å². The molecule has 6 heteroatoms. The molecule has 3 aromatic rings. The molecule has 0 atom stereocenters. The van der Waals surface area contributed by atoms with Crippen LogP contribution in [-0.4, -0.2) is 10.9 Å². The number of nitrogens with zero attached hydrogens (tertiary/aromatic N) is 1. The largest absolute Gasteiger partial charge is 0.326 e. The molecular weight excluding hydrogens is 427 g/mol. The minimum atomic E-state index is -0.0392. The van der Waals surface area contributed by atoms with Crippen LogP contribution >= 0.6 is 45.3 Å². The van der Waals surface area contributed by atoms with Gasteiger partial charge in [-0.1, -0.05) is 12.1 Å². The molecule has 0 unspecified atom stereocenters. The number of carbonyl (C=O) groups excluding carboxylic acids is 1. The number of thiophene rings is 1. The maximum absolute atomic E-state index is 12.1. The second-order valence-corrected chi connectivity index (χ2v) is 7.78. The number of nitrogens with one attached hydrogen (secondary N) is 1. The minimum Gasteiger partial charge on any atom is -0.326 e. The number of aryl methyl sites for hydroxylation is 1. The lowest BCUT2D eigenvalue weighted by Gasteiger charge is -2.06. The lowest BCUT2D eigenvalue weighted by Crippen LogP contribution is -2.14. The molecule has 0 saturated carbocycles. The number of hydrogen-bond acceptors (Lipinski definition) is 4. The summed E-state index contributed by atoms with van der Waals surface area (Å²) >= 11 is 5.51. The molecule has 3 nitrogen and oxygen atoms in total. The predicted molar refractivity (Wildman–Crippen MR) is 102 cm³/mol. The number of rotatable bonds is 4. The highest BCUT2D eigenvalue weighted by atomic mass is 127. The lowest BCUT2D eigenvalue weighted by atomic mass is 10.2. The Bertz CT molecular complexity index is 796. The van der Waals surface area contributed by atoms with Gasteiger partial charge in [0.1, 0.15) is 5.01 Å². The first kappa shape index (κ1) is 15.6. The zero-order valence-electron chi connectivity index (χ0n) is 11.8. The summed E-state index contributed by atoms with van der Waals surface area (Å²) in [6.45, 7) is 2.05. The molecular formula is C16H13IN2OS2. The molecule has 0 fully saturated rings. The minimum absolute atomic E-state index is 0.0392. The SMILES string of the molecule is Cc1ccc(NC(=O)Cc2csc(-c3cccs3)n2)cc1I. The van der Waals surface area contributed by atoms with E-state index in [-0.39, 0.29) is 5.91 Å². The third kappa shape index (κ3) is 3.74. The van der Waals surface area contributed by atoms with E-state index < -0.39 is 0 Å². The van der Waals surface area contributed by atoms with Gasteiger partial charge >= 0.3 is 0 Å². The monoisotopic (exact) mass is 440 g/mol. The van der Waals surface area contributed by atoms with E-state index in [9.17, 15) is 4.79 Å². The summed E-state index contributed by atoms with van der Waals surface area (Å²) in [6, 6.07) is 9.96. The number of hydrogen-bond donors (Lipinski definition) is 1. The highest BCUT2D eigenvalue weighted by Crippen LogP contribution is 2.28. The molecule has 1 amide bonds. The topological polar surface area (TPSA) is 42.0 Å². The van der Waals surface area contributed by atoms with Gasteiger partial charge in [-0.05, 0) is 58.7 Å². The van der Waals surface area contributed by atoms with E-state index in [4.69, 9.17) is 0 Å². The number of benzene rings is 1. The first-order valence-electron chi connectivity index (χ1n) is 6.66. The van der Waals surface area contributed by atoms with Crippen LogP contribution in [0.1, 0.15) is 11.3 Å². The van der Waals surface area contributed by atoms with Crippen molar-refractivity contribution in [1.29, 1.82) is 0 Å². The Kier molecular flexibility index (Phi) is 4.90. The van der Waals surface area contributed by atoms with E-state index in [1.54, 1.807) is 22.7 Å². The maximum atomic E-state index is 12.1. The van der Waals surface area contributed by atoms with Gasteiger partial charge < -0.3 is 5.32 Å². The summed E-state index contributed by atoms with van der Waals surface area (Å²) < 4.78 is 1.14. The van der Waals surface area contributed by atoms with Crippen molar-refractivity contribution in [3.63, 3.8) is 0 Å². The number of thiazole rings is 1. The third-order valence-electron chi connectivity index (χ3n) is 3.08. The van der Waals surface area contributed by atoms with E-state index in [2.05, 4.69) is 39.8 Å². The fourth-order valence-electron chi connectivity index (χ4n) is 1.94. The summed E-state index contributed by atoms with van der Waals surface area (Å²) in [4.78, 5) is 17.8. The first-order chi connectivity index (χ1) is 10.6. The Morgan fingerprint density at radius 2 is 2.18 bits per heavy atom. The third-order valence-corrected chi connectivity index (χ3v) is 6.17. The molecule has 0 saturated heterocycles. The molecule has 2 aromatic heterocycles. The van der Waals surface area contributed by atoms with Crippen LogP contribution in [0.3, 0.4) is 0 Å². The second kappa shape index (κ2) is 6.89. The van der Waals surface area contributed by atoms with Gasteiger partial charge in [-0.15, -0.1) is 22.7 Å². The molecule has 2 heterocycles. The van der Waals surface area contributed by atoms with Crippen molar-refractivity contribution >= 4 is 56.9 Å². The maximum Gasteiger partial charge on any atom is 0.230 e. The molecule has 0 spiro atoms. The average molecular weight is 440 g/mol. The molecule has 3 rings (SSSR count). The Morgan fingerprint density at radius 3 is 2.91 bits per heavy atom. The van der Waals surface area contributed by atoms with Crippen LogP contribution in [0.2, 0.25) is 0 Å². The standard InChI is InChI=1S/C16H13IN2OS2/c1-10-4-5-11(7-13(10)17)18-15(20)8-12-9-22-16(19-12)14-3-2-6-21-14/h2-7,9H,8H2,1H3,(H,18,20). The van der Waals surface area contributed by atoms with Crippen LogP contribution in [0.4, 0.5) is 5.69 Å². The van der Waals surface area contributed by atoms with Gasteiger partial charge in [-0.25, -0.2) is 4.98 Å². The molecule has 0 aliphatic rings. The summed E-state index contributed by atoms with van der Waals surface area (Å²) in [5.74, 6) is -0.0392. The smallest absolute Gasteiger partial charge is 0.230 e. The molecule has 1 N–H and O–H groups in total. The fourth-order valence-corrected chi connectivity index (χ4v) is 4.09. The zero-order chi connectivity index (χ0) is 15.5. The van der Waals surface area contributed by atoms with Crippen LogP contribution in [0.5, 0.6) is 0 Å². The quantitative estimate of drug-likeness (QED) is 0.583. The van der Waals surface area contributed by atoms with E-state index in [1.165, 1.54) is 5.56 Å². The molecule has 1 aromatic carbocycles. The number of aromatic nitrogens is 1. The molecule has 112 valence electrons. The van der Waals surface area contributed by atoms with Crippen molar-refractivity contribution in [2.75, 3.05) is 5.32 Å². The Morgan fingerprint density at radius 1 is 1.32 bits per heavy atom. The van der Waals surface area contributed by atoms with Crippen LogP contribution in [-0.2, 0) is 11.2 Å². The average Bonchev–Trinajstić information content (AvgIpc) is 3.13. The number of halogens is 1. The molecule has 0 aliphatic heterocycles. The molecule has 0 aliphatic carbocycles. The van der Waals surface area contributed by atoms with Crippen molar-refractivity contribution in [3.05, 3.63) is 55.9 Å².